The lowest BCUT2D eigenvalue weighted by atomic mass is 10.2. The fourth-order valence-corrected chi connectivity index (χ4v) is 2.65. The van der Waals surface area contributed by atoms with Crippen molar-refractivity contribution in [1.29, 1.82) is 0 Å². The molecule has 0 radical (unpaired) electrons. The Kier molecular flexibility index (Phi) is 3.84. The lowest BCUT2D eigenvalue weighted by Gasteiger charge is -2.07. The summed E-state index contributed by atoms with van der Waals surface area (Å²) in [5.41, 5.74) is -2.43. The minimum Gasteiger partial charge on any atom is -0.258 e. The van der Waals surface area contributed by atoms with E-state index in [1.54, 1.807) is 0 Å². The van der Waals surface area contributed by atoms with Crippen molar-refractivity contribution in [3.8, 4) is 0 Å². The Bertz CT molecular complexity index is 578. The summed E-state index contributed by atoms with van der Waals surface area (Å²) in [6, 6.07) is 0. The molecule has 0 amide bonds. The normalized spacial score (nSPS) is 11.8. The van der Waals surface area contributed by atoms with E-state index in [4.69, 9.17) is 22.3 Å². The molecule has 0 aliphatic rings. The number of pyridine rings is 1. The molecule has 0 fully saturated rings. The van der Waals surface area contributed by atoms with Gasteiger partial charge in [0.25, 0.3) is 15.5 Å². The first-order valence-corrected chi connectivity index (χ1v) is 6.40. The Labute approximate surface area is 103 Å². The summed E-state index contributed by atoms with van der Waals surface area (Å²) in [4.78, 5) is 11.1. The highest BCUT2D eigenvalue weighted by molar-refractivity contribution is 8.13. The van der Waals surface area contributed by atoms with E-state index in [0.29, 0.717) is 6.20 Å². The SMILES string of the molecule is O=[N+]([O-])c1cnc(Cl)c(C(F)F)c1S(=O)(=O)Cl. The van der Waals surface area contributed by atoms with Crippen molar-refractivity contribution >= 4 is 37.0 Å². The first kappa shape index (κ1) is 14.0. The molecular weight excluding hydrogens is 305 g/mol. The second-order valence-electron chi connectivity index (χ2n) is 2.67. The average Bonchev–Trinajstić information content (AvgIpc) is 2.14. The van der Waals surface area contributed by atoms with Crippen LogP contribution in [0.4, 0.5) is 14.5 Å². The summed E-state index contributed by atoms with van der Waals surface area (Å²) in [5, 5.41) is 9.65. The van der Waals surface area contributed by atoms with E-state index in [0.717, 1.165) is 0 Å². The molecule has 0 unspecified atom stereocenters. The molecule has 0 N–H and O–H groups in total. The van der Waals surface area contributed by atoms with Crippen molar-refractivity contribution in [3.05, 3.63) is 27.0 Å². The average molecular weight is 307 g/mol. The van der Waals surface area contributed by atoms with Gasteiger partial charge < -0.3 is 0 Å². The molecule has 17 heavy (non-hydrogen) atoms. The third-order valence-corrected chi connectivity index (χ3v) is 3.34. The molecule has 1 aromatic heterocycles. The predicted octanol–water partition coefficient (Wildman–Crippen LogP) is 2.51. The molecular formula is C6H2Cl2F2N2O4S. The molecule has 11 heteroatoms. The zero-order chi connectivity index (χ0) is 13.4. The third-order valence-electron chi connectivity index (χ3n) is 1.66. The van der Waals surface area contributed by atoms with Gasteiger partial charge >= 0.3 is 5.69 Å². The van der Waals surface area contributed by atoms with Crippen LogP contribution in [0.5, 0.6) is 0 Å². The first-order valence-electron chi connectivity index (χ1n) is 3.72. The highest BCUT2D eigenvalue weighted by Gasteiger charge is 2.34. The number of nitro groups is 1. The summed E-state index contributed by atoms with van der Waals surface area (Å²) >= 11 is 5.27. The Morgan fingerprint density at radius 1 is 1.47 bits per heavy atom. The Morgan fingerprint density at radius 3 is 2.35 bits per heavy atom. The van der Waals surface area contributed by atoms with E-state index >= 15 is 0 Å². The Morgan fingerprint density at radius 2 is 2.00 bits per heavy atom. The molecule has 0 aliphatic carbocycles. The number of hydrogen-bond donors (Lipinski definition) is 0. The predicted molar refractivity (Wildman–Crippen MR) is 53.9 cm³/mol. The Hall–Kier alpha value is -1.06. The van der Waals surface area contributed by atoms with Crippen LogP contribution in [0.15, 0.2) is 11.1 Å². The second kappa shape index (κ2) is 4.67. The number of halogens is 4. The van der Waals surface area contributed by atoms with Crippen molar-refractivity contribution in [2.45, 2.75) is 11.3 Å². The van der Waals surface area contributed by atoms with E-state index in [-0.39, 0.29) is 0 Å². The van der Waals surface area contributed by atoms with Crippen molar-refractivity contribution in [3.63, 3.8) is 0 Å². The number of aromatic nitrogens is 1. The molecule has 1 aromatic rings. The van der Waals surface area contributed by atoms with E-state index in [1.807, 2.05) is 0 Å². The molecule has 1 rings (SSSR count). The molecule has 0 aliphatic heterocycles. The maximum atomic E-state index is 12.6. The molecule has 1 heterocycles. The molecule has 6 nitrogen and oxygen atoms in total. The third kappa shape index (κ3) is 2.79. The van der Waals surface area contributed by atoms with Crippen LogP contribution in [-0.4, -0.2) is 18.3 Å². The minimum atomic E-state index is -4.75. The van der Waals surface area contributed by atoms with Gasteiger partial charge in [-0.3, -0.25) is 10.1 Å². The van der Waals surface area contributed by atoms with Crippen LogP contribution in [0, 0.1) is 10.1 Å². The van der Waals surface area contributed by atoms with Crippen LogP contribution in [-0.2, 0) is 9.05 Å². The summed E-state index contributed by atoms with van der Waals surface area (Å²) < 4.78 is 47.3. The van der Waals surface area contributed by atoms with Gasteiger partial charge in [-0.1, -0.05) is 11.6 Å². The van der Waals surface area contributed by atoms with Crippen LogP contribution in [0.3, 0.4) is 0 Å². The minimum absolute atomic E-state index is 0.448. The monoisotopic (exact) mass is 306 g/mol. The molecule has 0 saturated heterocycles. The quantitative estimate of drug-likeness (QED) is 0.370. The van der Waals surface area contributed by atoms with Gasteiger partial charge in [-0.2, -0.15) is 0 Å². The van der Waals surface area contributed by atoms with Crippen LogP contribution in [0.2, 0.25) is 5.15 Å². The lowest BCUT2D eigenvalue weighted by molar-refractivity contribution is -0.388. The lowest BCUT2D eigenvalue weighted by Crippen LogP contribution is -2.06. The van der Waals surface area contributed by atoms with Crippen LogP contribution >= 0.6 is 22.3 Å². The van der Waals surface area contributed by atoms with E-state index in [1.165, 1.54) is 0 Å². The number of rotatable bonds is 3. The summed E-state index contributed by atoms with van der Waals surface area (Å²) in [7, 11) is 0.126. The van der Waals surface area contributed by atoms with Crippen molar-refractivity contribution in [2.75, 3.05) is 0 Å². The molecule has 0 spiro atoms. The fourth-order valence-electron chi connectivity index (χ4n) is 1.05. The van der Waals surface area contributed by atoms with Gasteiger partial charge in [0.2, 0.25) is 0 Å². The zero-order valence-electron chi connectivity index (χ0n) is 7.60. The van der Waals surface area contributed by atoms with Gasteiger partial charge in [0.1, 0.15) is 11.3 Å². The largest absolute Gasteiger partial charge is 0.308 e. The van der Waals surface area contributed by atoms with Crippen molar-refractivity contribution in [2.24, 2.45) is 0 Å². The van der Waals surface area contributed by atoms with E-state index < -0.39 is 41.7 Å². The molecule has 0 atom stereocenters. The van der Waals surface area contributed by atoms with Gasteiger partial charge in [-0.05, 0) is 0 Å². The maximum Gasteiger partial charge on any atom is 0.308 e. The fraction of sp³-hybridized carbons (Fsp3) is 0.167. The summed E-state index contributed by atoms with van der Waals surface area (Å²) in [6.45, 7) is 0. The maximum absolute atomic E-state index is 12.6. The van der Waals surface area contributed by atoms with Crippen LogP contribution in [0.25, 0.3) is 0 Å². The molecule has 0 bridgehead atoms. The zero-order valence-corrected chi connectivity index (χ0v) is 9.93. The Balaban J connectivity index is 3.82. The topological polar surface area (TPSA) is 90.2 Å². The van der Waals surface area contributed by atoms with E-state index in [2.05, 4.69) is 4.98 Å². The van der Waals surface area contributed by atoms with Gasteiger partial charge in [0.05, 0.1) is 10.5 Å². The molecule has 0 aromatic carbocycles. The van der Waals surface area contributed by atoms with Gasteiger partial charge in [-0.25, -0.2) is 22.2 Å². The standard InChI is InChI=1S/C6H2Cl2F2N2O4S/c7-5-3(6(9)10)4(17(8,15)16)2(1-11-5)12(13)14/h1,6H. The smallest absolute Gasteiger partial charge is 0.258 e. The van der Waals surface area contributed by atoms with Gasteiger partial charge in [-0.15, -0.1) is 0 Å². The van der Waals surface area contributed by atoms with Crippen LogP contribution in [0.1, 0.15) is 12.0 Å². The number of alkyl halides is 2. The number of nitrogens with zero attached hydrogens (tertiary/aromatic N) is 2. The van der Waals surface area contributed by atoms with E-state index in [9.17, 15) is 27.3 Å². The molecule has 94 valence electrons. The molecule has 0 saturated carbocycles. The van der Waals surface area contributed by atoms with Crippen LogP contribution < -0.4 is 0 Å². The first-order chi connectivity index (χ1) is 7.66. The summed E-state index contributed by atoms with van der Waals surface area (Å²) in [5.74, 6) is 0. The highest BCUT2D eigenvalue weighted by Crippen LogP contribution is 2.38. The van der Waals surface area contributed by atoms with Gasteiger partial charge in [0.15, 0.2) is 4.90 Å². The number of hydrogen-bond acceptors (Lipinski definition) is 5. The summed E-state index contributed by atoms with van der Waals surface area (Å²) in [6.07, 6.45) is -2.91. The van der Waals surface area contributed by atoms with Crippen molar-refractivity contribution < 1.29 is 22.1 Å². The highest BCUT2D eigenvalue weighted by atomic mass is 35.7. The second-order valence-corrected chi connectivity index (χ2v) is 5.53. The van der Waals surface area contributed by atoms with Gasteiger partial charge in [0, 0.05) is 10.7 Å². The van der Waals surface area contributed by atoms with Crippen molar-refractivity contribution in [1.82, 2.24) is 4.98 Å².